The molecule has 1 aliphatic heterocycles. The molecular weight excluding hydrogens is 711 g/mol. The van der Waals surface area contributed by atoms with Crippen molar-refractivity contribution in [1.29, 1.82) is 0 Å². The van der Waals surface area contributed by atoms with E-state index < -0.39 is 7.25 Å². The molecule has 10 heteroatoms. The average Bonchev–Trinajstić information content (AvgIpc) is 2.84. The van der Waals surface area contributed by atoms with Crippen LogP contribution < -0.4 is 5.32 Å². The fraction of sp³-hybridized carbons (Fsp3) is 0.543. The zero-order chi connectivity index (χ0) is 34.9. The summed E-state index contributed by atoms with van der Waals surface area (Å²) >= 11 is 2.99. The first-order chi connectivity index (χ1) is 20.1. The van der Waals surface area contributed by atoms with Gasteiger partial charge < -0.3 is 17.3 Å². The number of Topliss-reactive ketones (excluding diaryl/α,β-unsaturated/α-hetero) is 1. The molecule has 0 amide bonds. The third kappa shape index (κ3) is 11.1. The first kappa shape index (κ1) is 39.3. The van der Waals surface area contributed by atoms with Gasteiger partial charge in [-0.1, -0.05) is 0 Å². The first-order valence-electron chi connectivity index (χ1n) is 15.3. The first-order valence-corrected chi connectivity index (χ1v) is 18.0. The van der Waals surface area contributed by atoms with E-state index >= 15 is 0 Å². The van der Waals surface area contributed by atoms with Gasteiger partial charge in [-0.15, -0.1) is 0 Å². The summed E-state index contributed by atoms with van der Waals surface area (Å²) < 4.78 is 49.4. The molecule has 0 atom stereocenters. The molecule has 2 heterocycles. The van der Waals surface area contributed by atoms with E-state index in [2.05, 4.69) is 142 Å². The predicted molar refractivity (Wildman–Crippen MR) is 184 cm³/mol. The second-order valence-corrected chi connectivity index (χ2v) is 18.8. The van der Waals surface area contributed by atoms with Crippen molar-refractivity contribution in [1.82, 2.24) is 5.32 Å². The Hall–Kier alpha value is -1.86. The standard InChI is InChI=1S/C35H49NO2Se2.BF4/c1-14-15-36-28-23(16-21-17-26(33(5,6)7)40-27(18-21)34(8,9)10)29(37)24(28)19-22-20-25(32(2,3)4)38-31(30(22)39)35(11,12)13;2-1(3,4)5/h16-20H,14-15H2,1-13H3,(H-,36,37,39);/q;-1/p+1. The summed E-state index contributed by atoms with van der Waals surface area (Å²) in [7, 11) is -6.00. The topological polar surface area (TPSA) is 38.3 Å². The van der Waals surface area contributed by atoms with Gasteiger partial charge in [-0.25, -0.2) is 0 Å². The van der Waals surface area contributed by atoms with Gasteiger partial charge in [-0.05, 0) is 0 Å². The quantitative estimate of drug-likeness (QED) is 0.185. The summed E-state index contributed by atoms with van der Waals surface area (Å²) in [4.78, 5) is 13.8. The summed E-state index contributed by atoms with van der Waals surface area (Å²) in [6.07, 6.45) is 7.26. The maximum atomic E-state index is 13.8. The van der Waals surface area contributed by atoms with Crippen molar-refractivity contribution in [2.75, 3.05) is 6.54 Å². The van der Waals surface area contributed by atoms with Crippen LogP contribution >= 0.6 is 0 Å². The number of ether oxygens (including phenoxy) is 1. The summed E-state index contributed by atoms with van der Waals surface area (Å²) in [6.45, 7) is 29.7. The normalized spacial score (nSPS) is 18.4. The number of hydrogen-bond donors (Lipinski definition) is 1. The minimum Gasteiger partial charge on any atom is -0.418 e. The second kappa shape index (κ2) is 14.1. The van der Waals surface area contributed by atoms with E-state index in [0.717, 1.165) is 56.9 Å². The average molecular weight is 762 g/mol. The molecule has 1 aliphatic carbocycles. The molecule has 3 nitrogen and oxygen atoms in total. The van der Waals surface area contributed by atoms with Gasteiger partial charge in [0.05, 0.1) is 0 Å². The Morgan fingerprint density at radius 3 is 1.73 bits per heavy atom. The van der Waals surface area contributed by atoms with Crippen molar-refractivity contribution in [2.24, 2.45) is 10.8 Å². The summed E-state index contributed by atoms with van der Waals surface area (Å²) in [6, 6.07) is 4.64. The molecule has 0 unspecified atom stereocenters. The molecule has 0 saturated heterocycles. The zero-order valence-electron chi connectivity index (χ0n) is 29.1. The molecule has 1 aromatic rings. The van der Waals surface area contributed by atoms with Gasteiger partial charge in [-0.3, -0.25) is 0 Å². The summed E-state index contributed by atoms with van der Waals surface area (Å²) in [5.74, 6) is 1.96. The van der Waals surface area contributed by atoms with Gasteiger partial charge in [0, 0.05) is 0 Å². The third-order valence-corrected chi connectivity index (χ3v) is 11.8. The fourth-order valence-corrected chi connectivity index (χ4v) is 8.02. The molecule has 45 heavy (non-hydrogen) atoms. The van der Waals surface area contributed by atoms with E-state index in [0.29, 0.717) is 14.5 Å². The van der Waals surface area contributed by atoms with Crippen molar-refractivity contribution < 1.29 is 26.8 Å². The van der Waals surface area contributed by atoms with Gasteiger partial charge in [-0.2, -0.15) is 0 Å². The van der Waals surface area contributed by atoms with Crippen molar-refractivity contribution in [3.63, 3.8) is 0 Å². The molecule has 0 bridgehead atoms. The molecule has 0 spiro atoms. The van der Waals surface area contributed by atoms with Gasteiger partial charge in [0.15, 0.2) is 0 Å². The van der Waals surface area contributed by atoms with E-state index in [1.807, 2.05) is 0 Å². The van der Waals surface area contributed by atoms with Crippen LogP contribution in [0.3, 0.4) is 0 Å². The van der Waals surface area contributed by atoms with Crippen molar-refractivity contribution >= 4 is 49.6 Å². The minimum atomic E-state index is -6.00. The number of carbonyl (C=O) groups excluding carboxylic acids is 1. The Morgan fingerprint density at radius 2 is 1.33 bits per heavy atom. The number of allylic oxidation sites excluding steroid dienone is 8. The molecule has 0 radical (unpaired) electrons. The molecule has 0 fully saturated rings. The Morgan fingerprint density at radius 1 is 0.844 bits per heavy atom. The predicted octanol–water partition coefficient (Wildman–Crippen LogP) is 9.18. The molecule has 2 aliphatic rings. The van der Waals surface area contributed by atoms with E-state index in [9.17, 15) is 22.1 Å². The van der Waals surface area contributed by atoms with Crippen LogP contribution in [0.25, 0.3) is 6.08 Å². The molecule has 0 aromatic carbocycles. The van der Waals surface area contributed by atoms with Crippen LogP contribution in [-0.4, -0.2) is 50.1 Å². The Balaban J connectivity index is 0.00000130. The van der Waals surface area contributed by atoms with E-state index in [1.165, 1.54) is 8.87 Å². The second-order valence-electron chi connectivity index (χ2n) is 15.6. The van der Waals surface area contributed by atoms with E-state index in [-0.39, 0.29) is 27.4 Å². The largest absolute Gasteiger partial charge is 0.673 e. The summed E-state index contributed by atoms with van der Waals surface area (Å²) in [5, 5.41) is 3.58. The number of halogens is 4. The van der Waals surface area contributed by atoms with Crippen LogP contribution in [0.15, 0.2) is 62.7 Å². The minimum absolute atomic E-state index is 0.0971. The molecule has 1 aromatic heterocycles. The number of carbonyl (C=O) groups is 1. The Kier molecular flexibility index (Phi) is 12.3. The fourth-order valence-electron chi connectivity index (χ4n) is 4.35. The van der Waals surface area contributed by atoms with Crippen LogP contribution in [0.5, 0.6) is 0 Å². The number of nitrogens with one attached hydrogen (secondary N) is 1. The van der Waals surface area contributed by atoms with Gasteiger partial charge >= 0.3 is 266 Å². The smallest absolute Gasteiger partial charge is 0.418 e. The molecule has 1 N–H and O–H groups in total. The van der Waals surface area contributed by atoms with Crippen molar-refractivity contribution in [2.45, 2.75) is 107 Å². The third-order valence-electron chi connectivity index (χ3n) is 6.89. The molecule has 250 valence electrons. The van der Waals surface area contributed by atoms with E-state index in [4.69, 9.17) is 4.74 Å². The maximum absolute atomic E-state index is 13.8. The summed E-state index contributed by atoms with van der Waals surface area (Å²) in [5.41, 5.74) is 4.51. The number of rotatable bonds is 5. The Labute approximate surface area is 282 Å². The number of ketones is 1. The Bertz CT molecular complexity index is 1420. The van der Waals surface area contributed by atoms with E-state index in [1.54, 1.807) is 0 Å². The van der Waals surface area contributed by atoms with Crippen LogP contribution in [0, 0.1) is 10.8 Å². The van der Waals surface area contributed by atoms with Crippen LogP contribution in [-0.2, 0) is 20.4 Å². The zero-order valence-corrected chi connectivity index (χ0v) is 32.7. The molecular formula is C35H50BF4NO2Se2. The van der Waals surface area contributed by atoms with Gasteiger partial charge in [0.25, 0.3) is 0 Å². The monoisotopic (exact) mass is 763 g/mol. The van der Waals surface area contributed by atoms with Crippen LogP contribution in [0.1, 0.15) is 111 Å². The van der Waals surface area contributed by atoms with Gasteiger partial charge in [0.1, 0.15) is 0 Å². The molecule has 3 rings (SSSR count). The van der Waals surface area contributed by atoms with Crippen LogP contribution in [0.2, 0.25) is 0 Å². The maximum Gasteiger partial charge on any atom is 0.673 e. The van der Waals surface area contributed by atoms with Crippen molar-refractivity contribution in [3.8, 4) is 0 Å². The van der Waals surface area contributed by atoms with Crippen LogP contribution in [0.4, 0.5) is 17.3 Å². The number of hydrogen-bond acceptors (Lipinski definition) is 3. The molecule has 0 saturated carbocycles. The van der Waals surface area contributed by atoms with Crippen molar-refractivity contribution in [3.05, 3.63) is 77.1 Å². The SMILES string of the molecule is CCCNC1=C(C=C2C=C(C(C)(C)C)OC(C(C)(C)C)=C2[SeH])C(=O)C1=Cc1cc(C(C)(C)C)[se+]c(C(C)(C)C)c1.F[B-](F)(F)F. The van der Waals surface area contributed by atoms with Gasteiger partial charge in [0.2, 0.25) is 0 Å².